The molecule has 1 aliphatic rings. The third kappa shape index (κ3) is 6.07. The van der Waals surface area contributed by atoms with Gasteiger partial charge in [-0.25, -0.2) is 9.59 Å². The summed E-state index contributed by atoms with van der Waals surface area (Å²) in [5.41, 5.74) is 5.93. The maximum Gasteiger partial charge on any atom is 0.410 e. The largest absolute Gasteiger partial charge is 0.465 e. The Bertz CT molecular complexity index is 1300. The van der Waals surface area contributed by atoms with Gasteiger partial charge in [-0.2, -0.15) is 0 Å². The monoisotopic (exact) mass is 516 g/mol. The quantitative estimate of drug-likeness (QED) is 0.409. The molecule has 0 saturated heterocycles. The molecular weight excluding hydrogens is 480 g/mol. The number of benzene rings is 2. The van der Waals surface area contributed by atoms with E-state index in [4.69, 9.17) is 9.47 Å². The van der Waals surface area contributed by atoms with Crippen molar-refractivity contribution in [2.45, 2.75) is 45.8 Å². The van der Waals surface area contributed by atoms with Crippen LogP contribution in [-0.2, 0) is 15.9 Å². The van der Waals surface area contributed by atoms with Crippen molar-refractivity contribution >= 4 is 29.1 Å². The second-order valence-electron chi connectivity index (χ2n) is 10.5. The first kappa shape index (κ1) is 27.0. The minimum Gasteiger partial charge on any atom is -0.465 e. The van der Waals surface area contributed by atoms with Gasteiger partial charge in [0.15, 0.2) is 0 Å². The number of carbonyl (C=O) groups excluding carboxylic acids is 2. The standard InChI is InChI=1S/C30H36N4O4/c1-20-7-9-22(10-8-20)33(5)23-11-12-24-21(17-23)14-16-34(29(36)38-30(2,3)4)27(24)19-32-26-18-31-15-13-25(26)28(35)37-6/h7-13,15,17-18,27,32H,14,16,19H2,1-6H3. The van der Waals surface area contributed by atoms with Crippen LogP contribution in [0.25, 0.3) is 0 Å². The number of amides is 1. The molecule has 1 atom stereocenters. The molecule has 0 aliphatic carbocycles. The fourth-order valence-corrected chi connectivity index (χ4v) is 4.61. The van der Waals surface area contributed by atoms with E-state index >= 15 is 0 Å². The van der Waals surface area contributed by atoms with E-state index in [2.05, 4.69) is 71.6 Å². The second kappa shape index (κ2) is 11.1. The van der Waals surface area contributed by atoms with E-state index < -0.39 is 11.6 Å². The third-order valence-corrected chi connectivity index (χ3v) is 6.63. The van der Waals surface area contributed by atoms with E-state index in [0.29, 0.717) is 30.8 Å². The molecule has 2 heterocycles. The fourth-order valence-electron chi connectivity index (χ4n) is 4.61. The molecule has 8 heteroatoms. The fraction of sp³-hybridized carbons (Fsp3) is 0.367. The summed E-state index contributed by atoms with van der Waals surface area (Å²) in [4.78, 5) is 33.6. The lowest BCUT2D eigenvalue weighted by molar-refractivity contribution is 0.0153. The van der Waals surface area contributed by atoms with Crippen LogP contribution < -0.4 is 10.2 Å². The molecule has 3 aromatic rings. The summed E-state index contributed by atoms with van der Waals surface area (Å²) < 4.78 is 10.7. The van der Waals surface area contributed by atoms with Gasteiger partial charge in [0.2, 0.25) is 0 Å². The first-order valence-electron chi connectivity index (χ1n) is 12.8. The number of carbonyl (C=O) groups is 2. The second-order valence-corrected chi connectivity index (χ2v) is 10.5. The lowest BCUT2D eigenvalue weighted by atomic mass is 9.91. The van der Waals surface area contributed by atoms with E-state index in [1.165, 1.54) is 18.2 Å². The maximum absolute atomic E-state index is 13.2. The van der Waals surface area contributed by atoms with Crippen molar-refractivity contribution in [1.29, 1.82) is 0 Å². The molecule has 2 aromatic carbocycles. The Hall–Kier alpha value is -4.07. The van der Waals surface area contributed by atoms with Crippen LogP contribution in [0.2, 0.25) is 0 Å². The zero-order chi connectivity index (χ0) is 27.4. The highest BCUT2D eigenvalue weighted by Gasteiger charge is 2.34. The van der Waals surface area contributed by atoms with Gasteiger partial charge >= 0.3 is 12.1 Å². The summed E-state index contributed by atoms with van der Waals surface area (Å²) in [5.74, 6) is -0.452. The normalized spacial score (nSPS) is 14.9. The number of nitrogens with zero attached hydrogens (tertiary/aromatic N) is 3. The minimum absolute atomic E-state index is 0.307. The molecule has 1 N–H and O–H groups in total. The number of fused-ring (bicyclic) bond motifs is 1. The Labute approximate surface area is 224 Å². The van der Waals surface area contributed by atoms with Crippen LogP contribution in [-0.4, -0.2) is 54.8 Å². The molecule has 1 aromatic heterocycles. The third-order valence-electron chi connectivity index (χ3n) is 6.63. The summed E-state index contributed by atoms with van der Waals surface area (Å²) in [5, 5.41) is 3.33. The molecule has 200 valence electrons. The van der Waals surface area contributed by atoms with Crippen molar-refractivity contribution in [3.63, 3.8) is 0 Å². The van der Waals surface area contributed by atoms with Crippen molar-refractivity contribution < 1.29 is 19.1 Å². The number of hydrogen-bond acceptors (Lipinski definition) is 7. The highest BCUT2D eigenvalue weighted by molar-refractivity contribution is 5.95. The minimum atomic E-state index is -0.614. The number of esters is 1. The zero-order valence-electron chi connectivity index (χ0n) is 22.9. The summed E-state index contributed by atoms with van der Waals surface area (Å²) in [6.07, 6.45) is 3.48. The number of ether oxygens (including phenoxy) is 2. The number of rotatable bonds is 6. The summed E-state index contributed by atoms with van der Waals surface area (Å²) in [6, 6.07) is 16.1. The molecule has 8 nitrogen and oxygen atoms in total. The lowest BCUT2D eigenvalue weighted by Crippen LogP contribution is -2.45. The van der Waals surface area contributed by atoms with Gasteiger partial charge in [-0.1, -0.05) is 23.8 Å². The number of aryl methyl sites for hydroxylation is 1. The SMILES string of the molecule is COC(=O)c1ccncc1NCC1c2ccc(N(C)c3ccc(C)cc3)cc2CCN1C(=O)OC(C)(C)C. The average Bonchev–Trinajstić information content (AvgIpc) is 2.90. The first-order chi connectivity index (χ1) is 18.1. The predicted octanol–water partition coefficient (Wildman–Crippen LogP) is 5.89. The van der Waals surface area contributed by atoms with Crippen LogP contribution in [0.15, 0.2) is 60.9 Å². The molecule has 0 fully saturated rings. The van der Waals surface area contributed by atoms with E-state index in [0.717, 1.165) is 16.9 Å². The molecule has 0 saturated carbocycles. The number of aromatic nitrogens is 1. The molecule has 38 heavy (non-hydrogen) atoms. The van der Waals surface area contributed by atoms with E-state index in [-0.39, 0.29) is 12.1 Å². The van der Waals surface area contributed by atoms with Gasteiger partial charge in [-0.05, 0) is 75.6 Å². The van der Waals surface area contributed by atoms with Crippen molar-refractivity contribution in [1.82, 2.24) is 9.88 Å². The number of nitrogens with one attached hydrogen (secondary N) is 1. The van der Waals surface area contributed by atoms with Crippen LogP contribution in [0, 0.1) is 6.92 Å². The molecule has 0 radical (unpaired) electrons. The first-order valence-corrected chi connectivity index (χ1v) is 12.8. The molecule has 0 bridgehead atoms. The van der Waals surface area contributed by atoms with E-state index in [1.54, 1.807) is 23.4 Å². The Kier molecular flexibility index (Phi) is 7.90. The Morgan fingerprint density at radius 2 is 1.82 bits per heavy atom. The summed E-state index contributed by atoms with van der Waals surface area (Å²) >= 11 is 0. The Morgan fingerprint density at radius 3 is 2.50 bits per heavy atom. The molecule has 1 unspecified atom stereocenters. The highest BCUT2D eigenvalue weighted by atomic mass is 16.6. The number of methoxy groups -OCH3 is 1. The van der Waals surface area contributed by atoms with Crippen LogP contribution in [0.1, 0.15) is 53.9 Å². The molecule has 1 aliphatic heterocycles. The summed E-state index contributed by atoms with van der Waals surface area (Å²) in [7, 11) is 3.40. The Balaban J connectivity index is 1.65. The van der Waals surface area contributed by atoms with Gasteiger partial charge in [-0.15, -0.1) is 0 Å². The smallest absolute Gasteiger partial charge is 0.410 e. The highest BCUT2D eigenvalue weighted by Crippen LogP contribution is 2.35. The topological polar surface area (TPSA) is 84.0 Å². The van der Waals surface area contributed by atoms with Crippen LogP contribution in [0.3, 0.4) is 0 Å². The van der Waals surface area contributed by atoms with Gasteiger partial charge < -0.3 is 19.7 Å². The zero-order valence-corrected chi connectivity index (χ0v) is 22.9. The number of anilines is 3. The van der Waals surface area contributed by atoms with Gasteiger partial charge in [0.25, 0.3) is 0 Å². The number of pyridine rings is 1. The van der Waals surface area contributed by atoms with Crippen molar-refractivity contribution in [3.8, 4) is 0 Å². The van der Waals surface area contributed by atoms with Gasteiger partial charge in [0, 0.05) is 37.7 Å². The summed E-state index contributed by atoms with van der Waals surface area (Å²) in [6.45, 7) is 8.55. The maximum atomic E-state index is 13.2. The molecule has 1 amide bonds. The van der Waals surface area contributed by atoms with Gasteiger partial charge in [0.1, 0.15) is 5.60 Å². The van der Waals surface area contributed by atoms with E-state index in [1.807, 2.05) is 20.8 Å². The molecular formula is C30H36N4O4. The van der Waals surface area contributed by atoms with Crippen LogP contribution in [0.5, 0.6) is 0 Å². The average molecular weight is 517 g/mol. The van der Waals surface area contributed by atoms with Crippen LogP contribution in [0.4, 0.5) is 21.9 Å². The predicted molar refractivity (Wildman–Crippen MR) is 149 cm³/mol. The van der Waals surface area contributed by atoms with Crippen LogP contribution >= 0.6 is 0 Å². The van der Waals surface area contributed by atoms with E-state index in [9.17, 15) is 9.59 Å². The molecule has 4 rings (SSSR count). The van der Waals surface area contributed by atoms with Crippen molar-refractivity contribution in [2.75, 3.05) is 37.5 Å². The van der Waals surface area contributed by atoms with Crippen molar-refractivity contribution in [3.05, 3.63) is 83.2 Å². The van der Waals surface area contributed by atoms with Crippen molar-refractivity contribution in [2.24, 2.45) is 0 Å². The lowest BCUT2D eigenvalue weighted by Gasteiger charge is -2.39. The van der Waals surface area contributed by atoms with Gasteiger partial charge in [0.05, 0.1) is 30.6 Å². The molecule has 0 spiro atoms. The Morgan fingerprint density at radius 1 is 1.11 bits per heavy atom. The number of hydrogen-bond donors (Lipinski definition) is 1. The van der Waals surface area contributed by atoms with Gasteiger partial charge in [-0.3, -0.25) is 9.88 Å².